The first-order valence-corrected chi connectivity index (χ1v) is 6.79. The lowest BCUT2D eigenvalue weighted by Gasteiger charge is -2.09. The average Bonchev–Trinajstić information content (AvgIpc) is 2.32. The zero-order chi connectivity index (χ0) is 13.6. The number of hydrogen-bond donors (Lipinski definition) is 4. The highest BCUT2D eigenvalue weighted by Crippen LogP contribution is 2.20. The van der Waals surface area contributed by atoms with Crippen molar-refractivity contribution in [3.8, 4) is 0 Å². The number of nitrogens with two attached hydrogens (primary N) is 2. The van der Waals surface area contributed by atoms with Crippen LogP contribution in [0.25, 0.3) is 0 Å². The van der Waals surface area contributed by atoms with Gasteiger partial charge < -0.3 is 21.3 Å². The van der Waals surface area contributed by atoms with E-state index in [9.17, 15) is 8.42 Å². The van der Waals surface area contributed by atoms with Gasteiger partial charge in [-0.25, -0.2) is 13.1 Å². The maximum atomic E-state index is 11.9. The summed E-state index contributed by atoms with van der Waals surface area (Å²) in [6.45, 7) is 0.329. The van der Waals surface area contributed by atoms with Gasteiger partial charge in [0.25, 0.3) is 0 Å². The third kappa shape index (κ3) is 4.15. The number of ether oxygens (including phenoxy) is 1. The van der Waals surface area contributed by atoms with E-state index in [-0.39, 0.29) is 36.9 Å². The molecule has 0 aromatic heterocycles. The summed E-state index contributed by atoms with van der Waals surface area (Å²) in [5.41, 5.74) is 11.6. The number of benzene rings is 1. The molecule has 0 heterocycles. The highest BCUT2D eigenvalue weighted by molar-refractivity contribution is 7.89. The minimum atomic E-state index is -3.70. The standard InChI is InChI=1S/C10H17N3O4S/c11-8-1-2-9(12)10(7-8)18(15,16)13-3-5-17-6-4-14/h1-2,7,13-14H,3-6,11-12H2. The van der Waals surface area contributed by atoms with Crippen LogP contribution >= 0.6 is 0 Å². The van der Waals surface area contributed by atoms with Crippen LogP contribution in [0.1, 0.15) is 0 Å². The van der Waals surface area contributed by atoms with Gasteiger partial charge in [-0.15, -0.1) is 0 Å². The lowest BCUT2D eigenvalue weighted by atomic mass is 10.3. The number of hydrogen-bond acceptors (Lipinski definition) is 6. The second kappa shape index (κ2) is 6.55. The summed E-state index contributed by atoms with van der Waals surface area (Å²) in [6, 6.07) is 4.26. The van der Waals surface area contributed by atoms with Crippen molar-refractivity contribution in [2.75, 3.05) is 37.8 Å². The lowest BCUT2D eigenvalue weighted by Crippen LogP contribution is -2.28. The van der Waals surface area contributed by atoms with Crippen molar-refractivity contribution < 1.29 is 18.3 Å². The number of nitrogens with one attached hydrogen (secondary N) is 1. The zero-order valence-electron chi connectivity index (χ0n) is 9.80. The fraction of sp³-hybridized carbons (Fsp3) is 0.400. The molecule has 1 aromatic rings. The van der Waals surface area contributed by atoms with Crippen LogP contribution in [-0.4, -0.2) is 39.9 Å². The summed E-state index contributed by atoms with van der Waals surface area (Å²) in [4.78, 5) is -0.0512. The van der Waals surface area contributed by atoms with Crippen molar-refractivity contribution in [3.63, 3.8) is 0 Å². The van der Waals surface area contributed by atoms with Crippen molar-refractivity contribution in [3.05, 3.63) is 18.2 Å². The van der Waals surface area contributed by atoms with Gasteiger partial charge in [0, 0.05) is 12.2 Å². The van der Waals surface area contributed by atoms with Crippen molar-refractivity contribution in [2.45, 2.75) is 4.90 Å². The predicted molar refractivity (Wildman–Crippen MR) is 68.4 cm³/mol. The van der Waals surface area contributed by atoms with Crippen LogP contribution < -0.4 is 16.2 Å². The molecule has 0 spiro atoms. The Labute approximate surface area is 106 Å². The highest BCUT2D eigenvalue weighted by atomic mass is 32.2. The van der Waals surface area contributed by atoms with Gasteiger partial charge in [0.2, 0.25) is 10.0 Å². The van der Waals surface area contributed by atoms with E-state index in [1.54, 1.807) is 0 Å². The number of rotatable bonds is 7. The molecular formula is C10H17N3O4S. The Morgan fingerprint density at radius 1 is 1.28 bits per heavy atom. The summed E-state index contributed by atoms with van der Waals surface area (Å²) in [6.07, 6.45) is 0. The highest BCUT2D eigenvalue weighted by Gasteiger charge is 2.16. The van der Waals surface area contributed by atoms with Gasteiger partial charge in [-0.2, -0.15) is 0 Å². The molecule has 0 radical (unpaired) electrons. The fourth-order valence-corrected chi connectivity index (χ4v) is 2.45. The van der Waals surface area contributed by atoms with Crippen LogP contribution in [0.5, 0.6) is 0 Å². The molecule has 0 aliphatic rings. The molecule has 18 heavy (non-hydrogen) atoms. The summed E-state index contributed by atoms with van der Waals surface area (Å²) in [7, 11) is -3.70. The SMILES string of the molecule is Nc1ccc(N)c(S(=O)(=O)NCCOCCO)c1. The molecule has 0 atom stereocenters. The van der Waals surface area contributed by atoms with E-state index in [1.807, 2.05) is 0 Å². The van der Waals surface area contributed by atoms with Crippen molar-refractivity contribution in [2.24, 2.45) is 0 Å². The first kappa shape index (κ1) is 14.7. The summed E-state index contributed by atoms with van der Waals surface area (Å²) < 4.78 is 31.0. The normalized spacial score (nSPS) is 11.6. The molecule has 102 valence electrons. The molecule has 8 heteroatoms. The Morgan fingerprint density at radius 2 is 2.00 bits per heavy atom. The molecule has 0 saturated carbocycles. The summed E-state index contributed by atoms with van der Waals surface area (Å²) in [5, 5.41) is 8.48. The second-order valence-electron chi connectivity index (χ2n) is 3.53. The van der Waals surface area contributed by atoms with Crippen LogP contribution in [0.3, 0.4) is 0 Å². The van der Waals surface area contributed by atoms with E-state index in [2.05, 4.69) is 4.72 Å². The molecule has 7 nitrogen and oxygen atoms in total. The third-order valence-electron chi connectivity index (χ3n) is 2.10. The topological polar surface area (TPSA) is 128 Å². The largest absolute Gasteiger partial charge is 0.399 e. The Hall–Kier alpha value is -1.35. The first-order chi connectivity index (χ1) is 8.47. The molecule has 1 aromatic carbocycles. The number of nitrogen functional groups attached to an aromatic ring is 2. The molecule has 0 aliphatic heterocycles. The summed E-state index contributed by atoms with van der Waals surface area (Å²) >= 11 is 0. The van der Waals surface area contributed by atoms with Gasteiger partial charge in [0.15, 0.2) is 0 Å². The predicted octanol–water partition coefficient (Wildman–Crippen LogP) is -0.862. The minimum absolute atomic E-state index is 0.0512. The smallest absolute Gasteiger partial charge is 0.242 e. The van der Waals surface area contributed by atoms with Gasteiger partial charge in [0.05, 0.1) is 25.5 Å². The van der Waals surface area contributed by atoms with Crippen LogP contribution in [0.4, 0.5) is 11.4 Å². The minimum Gasteiger partial charge on any atom is -0.399 e. The maximum Gasteiger partial charge on any atom is 0.242 e. The van der Waals surface area contributed by atoms with Gasteiger partial charge in [-0.3, -0.25) is 0 Å². The monoisotopic (exact) mass is 275 g/mol. The van der Waals surface area contributed by atoms with Crippen molar-refractivity contribution >= 4 is 21.4 Å². The van der Waals surface area contributed by atoms with Crippen LogP contribution in [-0.2, 0) is 14.8 Å². The van der Waals surface area contributed by atoms with E-state index >= 15 is 0 Å². The van der Waals surface area contributed by atoms with Gasteiger partial charge >= 0.3 is 0 Å². The first-order valence-electron chi connectivity index (χ1n) is 5.30. The Bertz CT molecular complexity index is 490. The van der Waals surface area contributed by atoms with Gasteiger partial charge in [0.1, 0.15) is 4.90 Å². The second-order valence-corrected chi connectivity index (χ2v) is 5.27. The van der Waals surface area contributed by atoms with Crippen LogP contribution in [0.15, 0.2) is 23.1 Å². The molecule has 1 rings (SSSR count). The molecule has 0 aliphatic carbocycles. The van der Waals surface area contributed by atoms with Crippen molar-refractivity contribution in [1.82, 2.24) is 4.72 Å². The Morgan fingerprint density at radius 3 is 2.67 bits per heavy atom. The van der Waals surface area contributed by atoms with Crippen molar-refractivity contribution in [1.29, 1.82) is 0 Å². The number of aliphatic hydroxyl groups excluding tert-OH is 1. The van der Waals surface area contributed by atoms with E-state index < -0.39 is 10.0 Å². The quantitative estimate of drug-likeness (QED) is 0.378. The number of sulfonamides is 1. The molecule has 0 amide bonds. The van der Waals surface area contributed by atoms with Gasteiger partial charge in [-0.05, 0) is 18.2 Å². The zero-order valence-corrected chi connectivity index (χ0v) is 10.6. The number of anilines is 2. The molecule has 0 bridgehead atoms. The summed E-state index contributed by atoms with van der Waals surface area (Å²) in [5.74, 6) is 0. The van der Waals surface area contributed by atoms with Gasteiger partial charge in [-0.1, -0.05) is 0 Å². The Kier molecular flexibility index (Phi) is 5.35. The molecule has 0 saturated heterocycles. The van der Waals surface area contributed by atoms with Crippen LogP contribution in [0, 0.1) is 0 Å². The van der Waals surface area contributed by atoms with E-state index in [1.165, 1.54) is 18.2 Å². The molecule has 0 unspecified atom stereocenters. The Balaban J connectivity index is 2.66. The molecule has 6 N–H and O–H groups in total. The van der Waals surface area contributed by atoms with E-state index in [4.69, 9.17) is 21.3 Å². The number of aliphatic hydroxyl groups is 1. The average molecular weight is 275 g/mol. The fourth-order valence-electron chi connectivity index (χ4n) is 1.28. The molecular weight excluding hydrogens is 258 g/mol. The van der Waals surface area contributed by atoms with E-state index in [0.29, 0.717) is 5.69 Å². The molecule has 0 fully saturated rings. The lowest BCUT2D eigenvalue weighted by molar-refractivity contribution is 0.0961. The maximum absolute atomic E-state index is 11.9. The van der Waals surface area contributed by atoms with Crippen LogP contribution in [0.2, 0.25) is 0 Å². The van der Waals surface area contributed by atoms with E-state index in [0.717, 1.165) is 0 Å². The third-order valence-corrected chi connectivity index (χ3v) is 3.62.